The summed E-state index contributed by atoms with van der Waals surface area (Å²) in [4.78, 5) is 9.00. The van der Waals surface area contributed by atoms with Gasteiger partial charge < -0.3 is 21.7 Å². The lowest BCUT2D eigenvalue weighted by Gasteiger charge is -1.92. The van der Waals surface area contributed by atoms with Crippen molar-refractivity contribution in [3.8, 4) is 11.5 Å². The Bertz CT molecular complexity index is 479. The lowest BCUT2D eigenvalue weighted by molar-refractivity contribution is 0.256. The second kappa shape index (κ2) is 9.27. The fraction of sp³-hybridized carbons (Fsp3) is 0.133. The van der Waals surface area contributed by atoms with Gasteiger partial charge in [0.15, 0.2) is 0 Å². The monoisotopic (exact) mass is 276 g/mol. The van der Waals surface area contributed by atoms with Crippen molar-refractivity contribution in [2.75, 3.05) is 0 Å². The normalized spacial score (nSPS) is 8.50. The smallest absolute Gasteiger partial charge is 0.309 e. The third-order valence-corrected chi connectivity index (χ3v) is 2.15. The van der Waals surface area contributed by atoms with E-state index < -0.39 is 6.03 Å². The van der Waals surface area contributed by atoms with Crippen LogP contribution in [0, 0.1) is 13.8 Å². The number of amides is 2. The second-order valence-corrected chi connectivity index (χ2v) is 4.02. The number of carbonyl (C=O) groups excluding carboxylic acids is 1. The van der Waals surface area contributed by atoms with Gasteiger partial charge >= 0.3 is 6.03 Å². The number of hydrogen-bond acceptors (Lipinski definition) is 3. The summed E-state index contributed by atoms with van der Waals surface area (Å²) in [6.45, 7) is 3.86. The number of phenols is 2. The summed E-state index contributed by atoms with van der Waals surface area (Å²) in [5.41, 5.74) is 10.6. The van der Waals surface area contributed by atoms with Crippen molar-refractivity contribution in [3.05, 3.63) is 59.7 Å². The third-order valence-electron chi connectivity index (χ3n) is 2.15. The molecule has 5 nitrogen and oxygen atoms in total. The van der Waals surface area contributed by atoms with Gasteiger partial charge in [0, 0.05) is 0 Å². The maximum Gasteiger partial charge on any atom is 0.309 e. The number of urea groups is 1. The molecule has 0 atom stereocenters. The number of rotatable bonds is 0. The zero-order chi connectivity index (χ0) is 15.5. The van der Waals surface area contributed by atoms with Gasteiger partial charge in [-0.1, -0.05) is 35.9 Å². The molecule has 2 aromatic rings. The van der Waals surface area contributed by atoms with Crippen LogP contribution in [0.2, 0.25) is 0 Å². The van der Waals surface area contributed by atoms with E-state index in [1.807, 2.05) is 44.2 Å². The van der Waals surface area contributed by atoms with Crippen molar-refractivity contribution in [3.63, 3.8) is 0 Å². The van der Waals surface area contributed by atoms with Gasteiger partial charge in [-0.25, -0.2) is 4.79 Å². The summed E-state index contributed by atoms with van der Waals surface area (Å²) in [6, 6.07) is 13.5. The van der Waals surface area contributed by atoms with Gasteiger partial charge in [-0.05, 0) is 37.6 Å². The highest BCUT2D eigenvalue weighted by Gasteiger charge is 1.87. The molecule has 0 radical (unpaired) electrons. The molecule has 0 aliphatic carbocycles. The predicted molar refractivity (Wildman–Crippen MR) is 79.5 cm³/mol. The molecule has 2 rings (SSSR count). The first-order valence-corrected chi connectivity index (χ1v) is 5.88. The highest BCUT2D eigenvalue weighted by molar-refractivity contribution is 5.69. The van der Waals surface area contributed by atoms with Crippen LogP contribution >= 0.6 is 0 Å². The van der Waals surface area contributed by atoms with Gasteiger partial charge in [0.05, 0.1) is 0 Å². The Balaban J connectivity index is 0.000000289. The van der Waals surface area contributed by atoms with E-state index >= 15 is 0 Å². The van der Waals surface area contributed by atoms with Crippen molar-refractivity contribution in [1.29, 1.82) is 0 Å². The Labute approximate surface area is 118 Å². The zero-order valence-corrected chi connectivity index (χ0v) is 11.6. The standard InChI is InChI=1S/2C7H8O.CH4N2O/c1-6-2-4-7(8)5-3-6;1-6-4-2-3-5-7(6)8;2-1(3)4/h2*2-5,8H,1H3;(H4,2,3,4). The van der Waals surface area contributed by atoms with E-state index in [1.54, 1.807) is 18.2 Å². The summed E-state index contributed by atoms with van der Waals surface area (Å²) >= 11 is 0. The number of nitrogens with two attached hydrogens (primary N) is 2. The number of aryl methyl sites for hydroxylation is 2. The van der Waals surface area contributed by atoms with Crippen molar-refractivity contribution >= 4 is 6.03 Å². The molecule has 108 valence electrons. The number of carbonyl (C=O) groups is 1. The maximum absolute atomic E-state index is 9.00. The third kappa shape index (κ3) is 9.35. The van der Waals surface area contributed by atoms with Crippen molar-refractivity contribution < 1.29 is 15.0 Å². The van der Waals surface area contributed by atoms with Crippen molar-refractivity contribution in [2.45, 2.75) is 13.8 Å². The van der Waals surface area contributed by atoms with E-state index in [0.29, 0.717) is 11.5 Å². The summed E-state index contributed by atoms with van der Waals surface area (Å²) in [7, 11) is 0. The lowest BCUT2D eigenvalue weighted by atomic mass is 10.2. The first-order chi connectivity index (χ1) is 9.32. The van der Waals surface area contributed by atoms with Gasteiger partial charge in [0.1, 0.15) is 11.5 Å². The Morgan fingerprint density at radius 2 is 1.35 bits per heavy atom. The Morgan fingerprint density at radius 3 is 1.65 bits per heavy atom. The van der Waals surface area contributed by atoms with Crippen LogP contribution in [0.1, 0.15) is 11.1 Å². The minimum atomic E-state index is -0.833. The first-order valence-electron chi connectivity index (χ1n) is 5.88. The van der Waals surface area contributed by atoms with Gasteiger partial charge in [-0.3, -0.25) is 0 Å². The quantitative estimate of drug-likeness (QED) is 0.593. The van der Waals surface area contributed by atoms with Gasteiger partial charge in [-0.2, -0.15) is 0 Å². The van der Waals surface area contributed by atoms with Crippen LogP contribution in [-0.2, 0) is 0 Å². The van der Waals surface area contributed by atoms with Gasteiger partial charge in [-0.15, -0.1) is 0 Å². The molecule has 6 N–H and O–H groups in total. The molecular formula is C15H20N2O3. The van der Waals surface area contributed by atoms with Gasteiger partial charge in [0.2, 0.25) is 0 Å². The predicted octanol–water partition coefficient (Wildman–Crippen LogP) is 2.43. The minimum absolute atomic E-state index is 0.329. The average molecular weight is 276 g/mol. The fourth-order valence-corrected chi connectivity index (χ4v) is 1.11. The number of hydrogen-bond donors (Lipinski definition) is 4. The number of aromatic hydroxyl groups is 2. The molecule has 0 aromatic heterocycles. The molecule has 0 saturated carbocycles. The van der Waals surface area contributed by atoms with Crippen LogP contribution in [0.15, 0.2) is 48.5 Å². The fourth-order valence-electron chi connectivity index (χ4n) is 1.11. The molecular weight excluding hydrogens is 256 g/mol. The van der Waals surface area contributed by atoms with E-state index in [9.17, 15) is 0 Å². The van der Waals surface area contributed by atoms with Crippen LogP contribution < -0.4 is 11.5 Å². The largest absolute Gasteiger partial charge is 0.508 e. The van der Waals surface area contributed by atoms with Crippen molar-refractivity contribution in [2.24, 2.45) is 11.5 Å². The first kappa shape index (κ1) is 17.3. The summed E-state index contributed by atoms with van der Waals surface area (Å²) in [6.07, 6.45) is 0. The number of primary amides is 2. The summed E-state index contributed by atoms with van der Waals surface area (Å²) in [5.74, 6) is 0.697. The molecule has 20 heavy (non-hydrogen) atoms. The van der Waals surface area contributed by atoms with E-state index in [-0.39, 0.29) is 0 Å². The molecule has 0 saturated heterocycles. The topological polar surface area (TPSA) is 110 Å². The minimum Gasteiger partial charge on any atom is -0.508 e. The summed E-state index contributed by atoms with van der Waals surface area (Å²) in [5, 5.41) is 17.7. The van der Waals surface area contributed by atoms with E-state index in [1.165, 1.54) is 5.56 Å². The number of para-hydroxylation sites is 1. The Morgan fingerprint density at radius 1 is 0.900 bits per heavy atom. The molecule has 0 fully saturated rings. The molecule has 0 spiro atoms. The molecule has 0 aliphatic rings. The van der Waals surface area contributed by atoms with Crippen LogP contribution in [0.4, 0.5) is 4.79 Å². The molecule has 2 amide bonds. The number of phenolic OH excluding ortho intramolecular Hbond substituents is 2. The van der Waals surface area contributed by atoms with E-state index in [0.717, 1.165) is 5.56 Å². The molecule has 0 aliphatic heterocycles. The van der Waals surface area contributed by atoms with Gasteiger partial charge in [0.25, 0.3) is 0 Å². The zero-order valence-electron chi connectivity index (χ0n) is 11.6. The maximum atomic E-state index is 9.00. The molecule has 0 unspecified atom stereocenters. The highest BCUT2D eigenvalue weighted by atomic mass is 16.3. The Hall–Kier alpha value is -2.69. The summed E-state index contributed by atoms with van der Waals surface area (Å²) < 4.78 is 0. The van der Waals surface area contributed by atoms with Crippen molar-refractivity contribution in [1.82, 2.24) is 0 Å². The molecule has 5 heteroatoms. The Kier molecular flexibility index (Phi) is 8.02. The molecule has 0 bridgehead atoms. The molecule has 0 heterocycles. The highest BCUT2D eigenvalue weighted by Crippen LogP contribution is 2.12. The van der Waals surface area contributed by atoms with Crippen LogP contribution in [0.5, 0.6) is 11.5 Å². The second-order valence-electron chi connectivity index (χ2n) is 4.02. The van der Waals surface area contributed by atoms with Crippen LogP contribution in [-0.4, -0.2) is 16.2 Å². The SMILES string of the molecule is Cc1ccc(O)cc1.Cc1ccccc1O.NC(N)=O. The van der Waals surface area contributed by atoms with Crippen LogP contribution in [0.25, 0.3) is 0 Å². The average Bonchev–Trinajstić information content (AvgIpc) is 2.37. The number of benzene rings is 2. The molecule has 2 aromatic carbocycles. The lowest BCUT2D eigenvalue weighted by Crippen LogP contribution is -2.18. The van der Waals surface area contributed by atoms with E-state index in [4.69, 9.17) is 15.0 Å². The van der Waals surface area contributed by atoms with E-state index in [2.05, 4.69) is 11.5 Å². The van der Waals surface area contributed by atoms with Crippen LogP contribution in [0.3, 0.4) is 0 Å².